The second-order valence-electron chi connectivity index (χ2n) is 3.93. The lowest BCUT2D eigenvalue weighted by Gasteiger charge is -2.01. The van der Waals surface area contributed by atoms with Crippen LogP contribution in [-0.2, 0) is 19.9 Å². The summed E-state index contributed by atoms with van der Waals surface area (Å²) < 4.78 is 48.7. The number of hydrogen-bond donors (Lipinski definition) is 1. The molecule has 104 valence electrons. The van der Waals surface area contributed by atoms with Crippen molar-refractivity contribution in [3.63, 3.8) is 0 Å². The number of nitrogens with zero attached hydrogens (tertiary/aromatic N) is 1. The average Bonchev–Trinajstić information content (AvgIpc) is 2.71. The Morgan fingerprint density at radius 1 is 1.21 bits per heavy atom. The molecule has 0 radical (unpaired) electrons. The van der Waals surface area contributed by atoms with Crippen LogP contribution in [0.15, 0.2) is 28.6 Å². The highest BCUT2D eigenvalue weighted by Gasteiger charge is 2.19. The molecular formula is C10H12N2O4S3. The number of sulfone groups is 1. The Labute approximate surface area is 115 Å². The fourth-order valence-electron chi connectivity index (χ4n) is 1.43. The summed E-state index contributed by atoms with van der Waals surface area (Å²) in [5, 5.41) is 0. The van der Waals surface area contributed by atoms with E-state index in [0.29, 0.717) is 5.52 Å². The number of hydrogen-bond acceptors (Lipinski definition) is 6. The molecule has 0 aliphatic heterocycles. The van der Waals surface area contributed by atoms with Gasteiger partial charge in [0, 0.05) is 6.54 Å². The van der Waals surface area contributed by atoms with Crippen LogP contribution in [0.2, 0.25) is 0 Å². The largest absolute Gasteiger partial charge is 0.225 e. The van der Waals surface area contributed by atoms with Gasteiger partial charge in [-0.3, -0.25) is 0 Å². The van der Waals surface area contributed by atoms with Crippen molar-refractivity contribution in [3.8, 4) is 0 Å². The molecule has 1 aromatic heterocycles. The van der Waals surface area contributed by atoms with Gasteiger partial charge in [0.25, 0.3) is 0 Å². The van der Waals surface area contributed by atoms with E-state index >= 15 is 0 Å². The normalized spacial score (nSPS) is 12.9. The van der Waals surface area contributed by atoms with Gasteiger partial charge in [0.2, 0.25) is 24.2 Å². The Kier molecular flexibility index (Phi) is 3.90. The molecule has 9 heteroatoms. The van der Waals surface area contributed by atoms with Crippen LogP contribution in [0.3, 0.4) is 0 Å². The zero-order valence-electron chi connectivity index (χ0n) is 10.0. The number of para-hydroxylation sites is 1. The first kappa shape index (κ1) is 14.4. The smallest absolute Gasteiger partial charge is 0.210 e. The first-order valence-electron chi connectivity index (χ1n) is 5.31. The molecule has 0 unspecified atom stereocenters. The van der Waals surface area contributed by atoms with Gasteiger partial charge in [-0.05, 0) is 12.1 Å². The van der Waals surface area contributed by atoms with Gasteiger partial charge < -0.3 is 0 Å². The standard InChI is InChI=1S/C10H12N2O4S3/c1-18(13,14)11-6-7-19(15,16)10-12-8-4-2-3-5-9(8)17-10/h2-5,11H,6-7H2,1H3. The molecule has 2 rings (SSSR count). The Hall–Kier alpha value is -1.03. The topological polar surface area (TPSA) is 93.2 Å². The summed E-state index contributed by atoms with van der Waals surface area (Å²) in [6.45, 7) is -0.156. The van der Waals surface area contributed by atoms with Crippen LogP contribution in [0, 0.1) is 0 Å². The number of rotatable bonds is 5. The summed E-state index contributed by atoms with van der Waals surface area (Å²) in [7, 11) is -6.95. The van der Waals surface area contributed by atoms with E-state index in [0.717, 1.165) is 22.3 Å². The van der Waals surface area contributed by atoms with Crippen molar-refractivity contribution in [2.45, 2.75) is 4.34 Å². The molecule has 0 aliphatic carbocycles. The fourth-order valence-corrected chi connectivity index (χ4v) is 4.54. The highest BCUT2D eigenvalue weighted by atomic mass is 32.2. The molecular weight excluding hydrogens is 308 g/mol. The molecule has 1 aromatic carbocycles. The van der Waals surface area contributed by atoms with Gasteiger partial charge in [-0.25, -0.2) is 26.5 Å². The quantitative estimate of drug-likeness (QED) is 0.871. The van der Waals surface area contributed by atoms with Crippen LogP contribution in [0.25, 0.3) is 10.2 Å². The predicted octanol–water partition coefficient (Wildman–Crippen LogP) is 0.619. The molecule has 0 spiro atoms. The minimum absolute atomic E-state index is 0.0176. The molecule has 0 saturated carbocycles. The molecule has 2 aromatic rings. The second kappa shape index (κ2) is 5.16. The van der Waals surface area contributed by atoms with Gasteiger partial charge in [-0.2, -0.15) is 0 Å². The molecule has 6 nitrogen and oxygen atoms in total. The maximum Gasteiger partial charge on any atom is 0.210 e. The Morgan fingerprint density at radius 2 is 1.89 bits per heavy atom. The van der Waals surface area contributed by atoms with E-state index in [2.05, 4.69) is 9.71 Å². The minimum Gasteiger partial charge on any atom is -0.225 e. The van der Waals surface area contributed by atoms with Crippen molar-refractivity contribution < 1.29 is 16.8 Å². The van der Waals surface area contributed by atoms with Crippen molar-refractivity contribution in [1.29, 1.82) is 0 Å². The number of fused-ring (bicyclic) bond motifs is 1. The summed E-state index contributed by atoms with van der Waals surface area (Å²) in [6, 6.07) is 7.12. The average molecular weight is 320 g/mol. The van der Waals surface area contributed by atoms with Gasteiger partial charge in [-0.15, -0.1) is 11.3 Å². The summed E-state index contributed by atoms with van der Waals surface area (Å²) in [6.07, 6.45) is 0.983. The fraction of sp³-hybridized carbons (Fsp3) is 0.300. The van der Waals surface area contributed by atoms with E-state index in [9.17, 15) is 16.8 Å². The summed E-state index contributed by atoms with van der Waals surface area (Å²) in [4.78, 5) is 4.05. The third kappa shape index (κ3) is 3.72. The maximum atomic E-state index is 12.0. The lowest BCUT2D eigenvalue weighted by Crippen LogP contribution is -2.28. The summed E-state index contributed by atoms with van der Waals surface area (Å²) in [5.74, 6) is -0.306. The van der Waals surface area contributed by atoms with E-state index in [-0.39, 0.29) is 16.6 Å². The molecule has 1 N–H and O–H groups in total. The minimum atomic E-state index is -3.56. The zero-order valence-corrected chi connectivity index (χ0v) is 12.5. The lowest BCUT2D eigenvalue weighted by molar-refractivity contribution is 0.585. The molecule has 19 heavy (non-hydrogen) atoms. The summed E-state index contributed by atoms with van der Waals surface area (Å²) in [5.41, 5.74) is 0.627. The molecule has 0 fully saturated rings. The first-order valence-corrected chi connectivity index (χ1v) is 9.67. The number of aromatic nitrogens is 1. The van der Waals surface area contributed by atoms with Crippen molar-refractivity contribution in [2.24, 2.45) is 0 Å². The lowest BCUT2D eigenvalue weighted by atomic mass is 10.3. The Balaban J connectivity index is 2.19. The van der Waals surface area contributed by atoms with E-state index in [1.54, 1.807) is 18.2 Å². The first-order chi connectivity index (χ1) is 8.78. The number of benzene rings is 1. The van der Waals surface area contributed by atoms with E-state index in [1.165, 1.54) is 0 Å². The van der Waals surface area contributed by atoms with E-state index in [1.807, 2.05) is 6.07 Å². The second-order valence-corrected chi connectivity index (χ2v) is 9.08. The maximum absolute atomic E-state index is 12.0. The highest BCUT2D eigenvalue weighted by molar-refractivity contribution is 7.93. The van der Waals surface area contributed by atoms with Crippen molar-refractivity contribution in [2.75, 3.05) is 18.6 Å². The van der Waals surface area contributed by atoms with Crippen LogP contribution in [0.5, 0.6) is 0 Å². The van der Waals surface area contributed by atoms with Crippen LogP contribution in [0.1, 0.15) is 0 Å². The van der Waals surface area contributed by atoms with Crippen molar-refractivity contribution in [1.82, 2.24) is 9.71 Å². The van der Waals surface area contributed by atoms with Gasteiger partial charge >= 0.3 is 0 Å². The Morgan fingerprint density at radius 3 is 2.53 bits per heavy atom. The Bertz CT molecular complexity index is 760. The number of nitrogens with one attached hydrogen (secondary N) is 1. The van der Waals surface area contributed by atoms with E-state index in [4.69, 9.17) is 0 Å². The predicted molar refractivity (Wildman–Crippen MR) is 74.5 cm³/mol. The van der Waals surface area contributed by atoms with Crippen molar-refractivity contribution in [3.05, 3.63) is 24.3 Å². The molecule has 0 aliphatic rings. The molecule has 0 saturated heterocycles. The van der Waals surface area contributed by atoms with Crippen LogP contribution in [0.4, 0.5) is 0 Å². The molecule has 0 atom stereocenters. The van der Waals surface area contributed by atoms with Gasteiger partial charge in [0.15, 0.2) is 0 Å². The SMILES string of the molecule is CS(=O)(=O)NCCS(=O)(=O)c1nc2ccccc2s1. The third-order valence-corrected chi connectivity index (χ3v) is 6.21. The van der Waals surface area contributed by atoms with Crippen molar-refractivity contribution >= 4 is 41.4 Å². The molecule has 0 amide bonds. The number of thiazole rings is 1. The van der Waals surface area contributed by atoms with Crippen LogP contribution in [-0.4, -0.2) is 40.4 Å². The summed E-state index contributed by atoms with van der Waals surface area (Å²) >= 11 is 1.09. The van der Waals surface area contributed by atoms with Gasteiger partial charge in [0.05, 0.1) is 22.2 Å². The van der Waals surface area contributed by atoms with E-state index < -0.39 is 19.9 Å². The molecule has 1 heterocycles. The third-order valence-electron chi connectivity index (χ3n) is 2.28. The van der Waals surface area contributed by atoms with Crippen LogP contribution < -0.4 is 4.72 Å². The monoisotopic (exact) mass is 320 g/mol. The molecule has 0 bridgehead atoms. The van der Waals surface area contributed by atoms with Gasteiger partial charge in [-0.1, -0.05) is 12.1 Å². The zero-order chi connectivity index (χ0) is 14.1. The highest BCUT2D eigenvalue weighted by Crippen LogP contribution is 2.25. The van der Waals surface area contributed by atoms with Gasteiger partial charge in [0.1, 0.15) is 0 Å². The number of sulfonamides is 1. The van der Waals surface area contributed by atoms with Crippen LogP contribution >= 0.6 is 11.3 Å².